The third-order valence-electron chi connectivity index (χ3n) is 3.14. The van der Waals surface area contributed by atoms with Crippen LogP contribution in [0.4, 0.5) is 4.79 Å². The zero-order valence-corrected chi connectivity index (χ0v) is 11.9. The lowest BCUT2D eigenvalue weighted by Crippen LogP contribution is -2.35. The van der Waals surface area contributed by atoms with Gasteiger partial charge in [0.1, 0.15) is 11.6 Å². The van der Waals surface area contributed by atoms with Gasteiger partial charge in [-0.2, -0.15) is 0 Å². The number of carbonyl (C=O) groups is 2. The van der Waals surface area contributed by atoms with Gasteiger partial charge >= 0.3 is 12.1 Å². The minimum atomic E-state index is -0.970. The van der Waals surface area contributed by atoms with E-state index in [0.717, 1.165) is 12.8 Å². The number of nitrogens with zero attached hydrogens (tertiary/aromatic N) is 1. The molecule has 0 saturated carbocycles. The maximum absolute atomic E-state index is 11.8. The average molecular weight is 272 g/mol. The first-order valence-corrected chi connectivity index (χ1v) is 6.65. The largest absolute Gasteiger partial charge is 0.480 e. The van der Waals surface area contributed by atoms with Gasteiger partial charge in [-0.3, -0.25) is 4.79 Å². The highest BCUT2D eigenvalue weighted by molar-refractivity contribution is 5.73. The number of hydrogen-bond donors (Lipinski definition) is 2. The summed E-state index contributed by atoms with van der Waals surface area (Å²) >= 11 is 0. The van der Waals surface area contributed by atoms with Crippen LogP contribution < -0.4 is 5.73 Å². The van der Waals surface area contributed by atoms with Crippen LogP contribution >= 0.6 is 0 Å². The molecule has 0 radical (unpaired) electrons. The number of nitrogens with two attached hydrogens (primary N) is 1. The molecule has 0 bridgehead atoms. The van der Waals surface area contributed by atoms with Crippen molar-refractivity contribution in [1.82, 2.24) is 4.90 Å². The minimum Gasteiger partial charge on any atom is -0.480 e. The van der Waals surface area contributed by atoms with Crippen LogP contribution in [0.2, 0.25) is 0 Å². The first kappa shape index (κ1) is 15.8. The van der Waals surface area contributed by atoms with Crippen LogP contribution in [0.15, 0.2) is 0 Å². The van der Waals surface area contributed by atoms with Gasteiger partial charge in [-0.1, -0.05) is 0 Å². The first-order chi connectivity index (χ1) is 8.69. The molecule has 6 heteroatoms. The summed E-state index contributed by atoms with van der Waals surface area (Å²) in [6.45, 7) is 6.81. The highest BCUT2D eigenvalue weighted by Gasteiger charge is 2.30. The van der Waals surface area contributed by atoms with Crippen molar-refractivity contribution >= 4 is 12.1 Å². The van der Waals surface area contributed by atoms with Crippen LogP contribution in [-0.4, -0.2) is 46.8 Å². The fourth-order valence-corrected chi connectivity index (χ4v) is 2.10. The normalized spacial score (nSPS) is 21.3. The predicted octanol–water partition coefficient (Wildman–Crippen LogP) is 1.44. The molecule has 1 aliphatic rings. The summed E-state index contributed by atoms with van der Waals surface area (Å²) in [6.07, 6.45) is 1.76. The number of likely N-dealkylation sites (tertiary alicyclic amines) is 1. The van der Waals surface area contributed by atoms with Gasteiger partial charge in [-0.15, -0.1) is 0 Å². The Balaban J connectivity index is 2.33. The van der Waals surface area contributed by atoms with Crippen LogP contribution in [-0.2, 0) is 9.53 Å². The van der Waals surface area contributed by atoms with E-state index in [-0.39, 0.29) is 6.09 Å². The predicted molar refractivity (Wildman–Crippen MR) is 70.8 cm³/mol. The van der Waals surface area contributed by atoms with Crippen molar-refractivity contribution in [2.75, 3.05) is 13.1 Å². The molecule has 0 spiro atoms. The van der Waals surface area contributed by atoms with E-state index < -0.39 is 17.6 Å². The van der Waals surface area contributed by atoms with Crippen molar-refractivity contribution in [1.29, 1.82) is 0 Å². The molecule has 1 heterocycles. The summed E-state index contributed by atoms with van der Waals surface area (Å²) in [5, 5.41) is 8.71. The van der Waals surface area contributed by atoms with Gasteiger partial charge in [-0.05, 0) is 46.0 Å². The topological polar surface area (TPSA) is 92.9 Å². The number of carboxylic acid groups (broad SMARTS) is 1. The van der Waals surface area contributed by atoms with Crippen LogP contribution in [0.3, 0.4) is 0 Å². The summed E-state index contributed by atoms with van der Waals surface area (Å²) in [7, 11) is 0. The summed E-state index contributed by atoms with van der Waals surface area (Å²) in [4.78, 5) is 24.1. The lowest BCUT2D eigenvalue weighted by atomic mass is 9.99. The van der Waals surface area contributed by atoms with E-state index in [1.54, 1.807) is 4.90 Å². The summed E-state index contributed by atoms with van der Waals surface area (Å²) in [6, 6.07) is -0.810. The number of aliphatic carboxylic acids is 1. The molecule has 19 heavy (non-hydrogen) atoms. The molecule has 1 fully saturated rings. The summed E-state index contributed by atoms with van der Waals surface area (Å²) < 4.78 is 5.30. The molecule has 1 saturated heterocycles. The number of rotatable bonds is 4. The standard InChI is InChI=1S/C13H24N2O4/c1-13(2,3)19-12(18)15-7-6-9(8-15)4-5-10(14)11(16)17/h9-10H,4-8,14H2,1-3H3,(H,16,17). The number of carbonyl (C=O) groups excluding carboxylic acids is 1. The Hall–Kier alpha value is -1.30. The molecule has 0 aromatic heterocycles. The highest BCUT2D eigenvalue weighted by atomic mass is 16.6. The van der Waals surface area contributed by atoms with Gasteiger partial charge in [0.15, 0.2) is 0 Å². The fraction of sp³-hybridized carbons (Fsp3) is 0.846. The molecule has 1 amide bonds. The lowest BCUT2D eigenvalue weighted by Gasteiger charge is -2.24. The second-order valence-corrected chi connectivity index (χ2v) is 6.10. The van der Waals surface area contributed by atoms with Gasteiger partial charge in [0, 0.05) is 13.1 Å². The molecule has 2 unspecified atom stereocenters. The summed E-state index contributed by atoms with van der Waals surface area (Å²) in [5.74, 6) is -0.653. The van der Waals surface area contributed by atoms with Crippen LogP contribution in [0.5, 0.6) is 0 Å². The number of amides is 1. The van der Waals surface area contributed by atoms with Crippen molar-refractivity contribution in [2.45, 2.75) is 51.7 Å². The number of carboxylic acids is 1. The smallest absolute Gasteiger partial charge is 0.410 e. The van der Waals surface area contributed by atoms with Gasteiger partial charge in [0.2, 0.25) is 0 Å². The Kier molecular flexibility index (Phi) is 5.17. The quantitative estimate of drug-likeness (QED) is 0.807. The average Bonchev–Trinajstić information content (AvgIpc) is 2.71. The molecule has 2 atom stereocenters. The van der Waals surface area contributed by atoms with Crippen molar-refractivity contribution in [3.05, 3.63) is 0 Å². The van der Waals surface area contributed by atoms with Gasteiger partial charge in [-0.25, -0.2) is 4.79 Å². The molecule has 0 aliphatic carbocycles. The zero-order valence-electron chi connectivity index (χ0n) is 11.9. The Morgan fingerprint density at radius 1 is 1.47 bits per heavy atom. The second kappa shape index (κ2) is 6.23. The molecule has 1 aliphatic heterocycles. The highest BCUT2D eigenvalue weighted by Crippen LogP contribution is 2.23. The van der Waals surface area contributed by atoms with Crippen LogP contribution in [0, 0.1) is 5.92 Å². The number of ether oxygens (including phenoxy) is 1. The molecule has 6 nitrogen and oxygen atoms in total. The molecule has 3 N–H and O–H groups in total. The van der Waals surface area contributed by atoms with Crippen molar-refractivity contribution in [3.63, 3.8) is 0 Å². The van der Waals surface area contributed by atoms with E-state index in [0.29, 0.717) is 25.4 Å². The molecule has 0 aromatic rings. The maximum atomic E-state index is 11.8. The van der Waals surface area contributed by atoms with E-state index >= 15 is 0 Å². The lowest BCUT2D eigenvalue weighted by molar-refractivity contribution is -0.138. The molecular weight excluding hydrogens is 248 g/mol. The van der Waals surface area contributed by atoms with Crippen molar-refractivity contribution in [2.24, 2.45) is 11.7 Å². The van der Waals surface area contributed by atoms with Crippen molar-refractivity contribution in [3.8, 4) is 0 Å². The Labute approximate surface area is 113 Å². The summed E-state index contributed by atoms with van der Waals surface area (Å²) in [5.41, 5.74) is 4.98. The molecule has 1 rings (SSSR count). The Morgan fingerprint density at radius 2 is 2.11 bits per heavy atom. The molecule has 110 valence electrons. The maximum Gasteiger partial charge on any atom is 0.410 e. The van der Waals surface area contributed by atoms with E-state index in [1.807, 2.05) is 20.8 Å². The second-order valence-electron chi connectivity index (χ2n) is 6.10. The molecular formula is C13H24N2O4. The van der Waals surface area contributed by atoms with E-state index in [1.165, 1.54) is 0 Å². The van der Waals surface area contributed by atoms with Crippen LogP contribution in [0.1, 0.15) is 40.0 Å². The van der Waals surface area contributed by atoms with Gasteiger partial charge in [0.25, 0.3) is 0 Å². The Morgan fingerprint density at radius 3 is 2.63 bits per heavy atom. The van der Waals surface area contributed by atoms with Crippen molar-refractivity contribution < 1.29 is 19.4 Å². The first-order valence-electron chi connectivity index (χ1n) is 6.65. The molecule has 0 aromatic carbocycles. The SMILES string of the molecule is CC(C)(C)OC(=O)N1CCC(CCC(N)C(=O)O)C1. The fourth-order valence-electron chi connectivity index (χ4n) is 2.10. The number of hydrogen-bond acceptors (Lipinski definition) is 4. The van der Waals surface area contributed by atoms with Gasteiger partial charge < -0.3 is 20.5 Å². The van der Waals surface area contributed by atoms with E-state index in [2.05, 4.69) is 0 Å². The van der Waals surface area contributed by atoms with E-state index in [4.69, 9.17) is 15.6 Å². The van der Waals surface area contributed by atoms with Crippen LogP contribution in [0.25, 0.3) is 0 Å². The minimum absolute atomic E-state index is 0.294. The van der Waals surface area contributed by atoms with E-state index in [9.17, 15) is 9.59 Å². The third kappa shape index (κ3) is 5.46. The third-order valence-corrected chi connectivity index (χ3v) is 3.14. The zero-order chi connectivity index (χ0) is 14.6. The van der Waals surface area contributed by atoms with Gasteiger partial charge in [0.05, 0.1) is 0 Å². The Bertz CT molecular complexity index is 338. The monoisotopic (exact) mass is 272 g/mol.